The normalized spacial score (nSPS) is 36.3. The Labute approximate surface area is 161 Å². The van der Waals surface area contributed by atoms with E-state index in [1.54, 1.807) is 0 Å². The first-order valence-electron chi connectivity index (χ1n) is 10.8. The average Bonchev–Trinajstić information content (AvgIpc) is 3.42. The molecule has 2 bridgehead atoms. The number of aromatic nitrogens is 2. The average molecular weight is 373 g/mol. The molecule has 0 aromatic carbocycles. The first-order chi connectivity index (χ1) is 13.1. The number of likely N-dealkylation sites (tertiary alicyclic amines) is 1. The number of carbonyl (C=O) groups is 1. The van der Waals surface area contributed by atoms with Gasteiger partial charge in [0.2, 0.25) is 5.91 Å². The summed E-state index contributed by atoms with van der Waals surface area (Å²) >= 11 is 0. The molecule has 1 aromatic rings. The molecule has 4 heterocycles. The zero-order valence-electron chi connectivity index (χ0n) is 16.4. The van der Waals surface area contributed by atoms with E-state index in [0.717, 1.165) is 51.3 Å². The lowest BCUT2D eigenvalue weighted by Gasteiger charge is -2.30. The molecule has 4 atom stereocenters. The van der Waals surface area contributed by atoms with Crippen LogP contribution in [0.5, 0.6) is 0 Å². The lowest BCUT2D eigenvalue weighted by atomic mass is 9.73. The minimum Gasteiger partial charge on any atom is -0.370 e. The van der Waals surface area contributed by atoms with Crippen LogP contribution >= 0.6 is 0 Å². The van der Waals surface area contributed by atoms with Gasteiger partial charge >= 0.3 is 0 Å². The summed E-state index contributed by atoms with van der Waals surface area (Å²) in [5.41, 5.74) is 0.0239. The van der Waals surface area contributed by atoms with E-state index in [9.17, 15) is 4.79 Å². The molecule has 1 N–H and O–H groups in total. The molecule has 4 fully saturated rings. The van der Waals surface area contributed by atoms with E-state index in [1.807, 2.05) is 12.4 Å². The van der Waals surface area contributed by atoms with Crippen molar-refractivity contribution >= 4 is 5.91 Å². The van der Waals surface area contributed by atoms with Gasteiger partial charge in [-0.3, -0.25) is 9.69 Å². The summed E-state index contributed by atoms with van der Waals surface area (Å²) in [6.07, 6.45) is 12.4. The highest BCUT2D eigenvalue weighted by Gasteiger charge is 2.62. The van der Waals surface area contributed by atoms with E-state index in [-0.39, 0.29) is 17.4 Å². The van der Waals surface area contributed by atoms with Crippen molar-refractivity contribution < 1.29 is 9.53 Å². The summed E-state index contributed by atoms with van der Waals surface area (Å²) in [5, 5.41) is 3.30. The second kappa shape index (κ2) is 6.89. The van der Waals surface area contributed by atoms with E-state index >= 15 is 0 Å². The highest BCUT2D eigenvalue weighted by Crippen LogP contribution is 2.54. The highest BCUT2D eigenvalue weighted by molar-refractivity contribution is 5.78. The second-order valence-corrected chi connectivity index (χ2v) is 9.23. The molecule has 0 radical (unpaired) electrons. The van der Waals surface area contributed by atoms with Gasteiger partial charge in [-0.2, -0.15) is 0 Å². The Hall–Kier alpha value is -1.40. The maximum Gasteiger partial charge on any atom is 0.223 e. The Morgan fingerprint density at radius 2 is 2.19 bits per heavy atom. The summed E-state index contributed by atoms with van der Waals surface area (Å²) in [7, 11) is 2.06. The topological polar surface area (TPSA) is 59.4 Å². The van der Waals surface area contributed by atoms with Crippen LogP contribution < -0.4 is 5.32 Å². The number of nitrogens with one attached hydrogen (secondary N) is 1. The largest absolute Gasteiger partial charge is 0.370 e. The molecule has 27 heavy (non-hydrogen) atoms. The number of imidazole rings is 1. The van der Waals surface area contributed by atoms with Gasteiger partial charge in [0.15, 0.2) is 0 Å². The molecule has 1 aromatic heterocycles. The summed E-state index contributed by atoms with van der Waals surface area (Å²) in [6, 6.07) is 0. The van der Waals surface area contributed by atoms with E-state index in [2.05, 4.69) is 26.8 Å². The van der Waals surface area contributed by atoms with Gasteiger partial charge in [0.25, 0.3) is 0 Å². The number of fused-ring (bicyclic) bond motifs is 1. The van der Waals surface area contributed by atoms with Gasteiger partial charge in [0.05, 0.1) is 18.2 Å². The van der Waals surface area contributed by atoms with Crippen LogP contribution in [0.1, 0.15) is 50.8 Å². The molecule has 1 saturated carbocycles. The first-order valence-corrected chi connectivity index (χ1v) is 10.8. The van der Waals surface area contributed by atoms with E-state index in [0.29, 0.717) is 17.9 Å². The summed E-state index contributed by atoms with van der Waals surface area (Å²) in [4.78, 5) is 19.6. The Bertz CT molecular complexity index is 698. The zero-order chi connectivity index (χ0) is 18.4. The Kier molecular flexibility index (Phi) is 4.51. The van der Waals surface area contributed by atoms with Crippen molar-refractivity contribution in [3.05, 3.63) is 18.2 Å². The van der Waals surface area contributed by atoms with Crippen molar-refractivity contribution in [2.45, 2.75) is 63.2 Å². The first kappa shape index (κ1) is 17.7. The van der Waals surface area contributed by atoms with Crippen LogP contribution in [-0.2, 0) is 23.1 Å². The molecule has 1 aliphatic carbocycles. The smallest absolute Gasteiger partial charge is 0.223 e. The van der Waals surface area contributed by atoms with E-state index in [4.69, 9.17) is 4.74 Å². The van der Waals surface area contributed by atoms with Crippen molar-refractivity contribution in [1.82, 2.24) is 19.8 Å². The molecule has 3 saturated heterocycles. The summed E-state index contributed by atoms with van der Waals surface area (Å²) in [5.74, 6) is 2.66. The molecule has 5 rings (SSSR count). The van der Waals surface area contributed by atoms with Gasteiger partial charge in [-0.15, -0.1) is 0 Å². The zero-order valence-corrected chi connectivity index (χ0v) is 16.4. The molecule has 3 aliphatic heterocycles. The lowest BCUT2D eigenvalue weighted by molar-refractivity contribution is -0.126. The minimum atomic E-state index is 0.0239. The SMILES string of the molecule is Cn1ccnc1CN1C[C@@H]2[C@H](CNC(=O)C3CCCCC3)[C@H]3CC[C@]2(C1)O3. The Morgan fingerprint density at radius 1 is 1.33 bits per heavy atom. The molecular formula is C21H32N4O2. The number of carbonyl (C=O) groups excluding carboxylic acids is 1. The molecule has 6 heteroatoms. The maximum absolute atomic E-state index is 12.6. The molecule has 1 amide bonds. The molecule has 0 unspecified atom stereocenters. The molecule has 148 valence electrons. The number of hydrogen-bond donors (Lipinski definition) is 1. The van der Waals surface area contributed by atoms with E-state index < -0.39 is 0 Å². The number of rotatable bonds is 5. The fraction of sp³-hybridized carbons (Fsp3) is 0.810. The Balaban J connectivity index is 1.21. The third-order valence-electron chi connectivity index (χ3n) is 7.63. The van der Waals surface area contributed by atoms with Crippen molar-refractivity contribution in [2.75, 3.05) is 19.6 Å². The molecule has 1 spiro atoms. The molecule has 4 aliphatic rings. The van der Waals surface area contributed by atoms with Crippen molar-refractivity contribution in [3.8, 4) is 0 Å². The van der Waals surface area contributed by atoms with Crippen LogP contribution in [0.4, 0.5) is 0 Å². The van der Waals surface area contributed by atoms with E-state index in [1.165, 1.54) is 25.7 Å². The van der Waals surface area contributed by atoms with Crippen LogP contribution in [0.2, 0.25) is 0 Å². The van der Waals surface area contributed by atoms with Crippen LogP contribution in [0.3, 0.4) is 0 Å². The van der Waals surface area contributed by atoms with Crippen LogP contribution in [-0.4, -0.2) is 51.7 Å². The number of aryl methyl sites for hydroxylation is 1. The fourth-order valence-corrected chi connectivity index (χ4v) is 6.16. The summed E-state index contributed by atoms with van der Waals surface area (Å²) in [6.45, 7) is 3.75. The lowest BCUT2D eigenvalue weighted by Crippen LogP contribution is -2.43. The standard InChI is InChI=1S/C21H32N4O2/c1-24-10-9-22-19(24)13-25-12-17-16(18-7-8-21(17,14-25)27-18)11-23-20(26)15-5-3-2-4-6-15/h9-10,15-18H,2-8,11-14H2,1H3,(H,23,26)/t16-,17+,18+,21+/m0/s1. The van der Waals surface area contributed by atoms with Gasteiger partial charge in [0.1, 0.15) is 5.82 Å². The quantitative estimate of drug-likeness (QED) is 0.860. The van der Waals surface area contributed by atoms with Crippen LogP contribution in [0.15, 0.2) is 12.4 Å². The summed E-state index contributed by atoms with van der Waals surface area (Å²) < 4.78 is 8.64. The van der Waals surface area contributed by atoms with Crippen molar-refractivity contribution in [2.24, 2.45) is 24.8 Å². The number of hydrogen-bond acceptors (Lipinski definition) is 4. The number of ether oxygens (including phenoxy) is 1. The van der Waals surface area contributed by atoms with Crippen LogP contribution in [0.25, 0.3) is 0 Å². The molecule has 6 nitrogen and oxygen atoms in total. The van der Waals surface area contributed by atoms with Gasteiger partial charge in [-0.25, -0.2) is 4.98 Å². The van der Waals surface area contributed by atoms with Gasteiger partial charge in [-0.1, -0.05) is 19.3 Å². The van der Waals surface area contributed by atoms with Gasteiger partial charge in [-0.05, 0) is 25.7 Å². The number of amides is 1. The third-order valence-corrected chi connectivity index (χ3v) is 7.63. The third kappa shape index (κ3) is 3.11. The maximum atomic E-state index is 12.6. The predicted octanol–water partition coefficient (Wildman–Crippen LogP) is 2.10. The van der Waals surface area contributed by atoms with Crippen molar-refractivity contribution in [1.29, 1.82) is 0 Å². The van der Waals surface area contributed by atoms with Crippen molar-refractivity contribution in [3.63, 3.8) is 0 Å². The fourth-order valence-electron chi connectivity index (χ4n) is 6.16. The number of nitrogens with zero attached hydrogens (tertiary/aromatic N) is 3. The van der Waals surface area contributed by atoms with Crippen LogP contribution in [0, 0.1) is 17.8 Å². The monoisotopic (exact) mass is 372 g/mol. The second-order valence-electron chi connectivity index (χ2n) is 9.23. The predicted molar refractivity (Wildman–Crippen MR) is 102 cm³/mol. The van der Waals surface area contributed by atoms with Gasteiger partial charge < -0.3 is 14.6 Å². The van der Waals surface area contributed by atoms with Gasteiger partial charge in [0, 0.05) is 56.8 Å². The minimum absolute atomic E-state index is 0.0239. The molecular weight excluding hydrogens is 340 g/mol. The highest BCUT2D eigenvalue weighted by atomic mass is 16.5. The Morgan fingerprint density at radius 3 is 2.96 bits per heavy atom.